The molecule has 0 bridgehead atoms. The molecule has 6 heteroatoms. The first-order valence-electron chi connectivity index (χ1n) is 7.88. The van der Waals surface area contributed by atoms with Crippen molar-refractivity contribution in [2.75, 3.05) is 13.2 Å². The summed E-state index contributed by atoms with van der Waals surface area (Å²) in [5.41, 5.74) is 6.55. The summed E-state index contributed by atoms with van der Waals surface area (Å²) in [6.45, 7) is -0.640. The van der Waals surface area contributed by atoms with Gasteiger partial charge in [0.1, 0.15) is 0 Å². The molecule has 1 amide bonds. The van der Waals surface area contributed by atoms with Crippen molar-refractivity contribution < 1.29 is 19.1 Å². The van der Waals surface area contributed by atoms with Crippen LogP contribution in [-0.4, -0.2) is 36.9 Å². The highest BCUT2D eigenvalue weighted by molar-refractivity contribution is 5.94. The minimum absolute atomic E-state index is 0.220. The third kappa shape index (κ3) is 5.86. The Kier molecular flexibility index (Phi) is 6.86. The SMILES string of the molecule is NCC(=O)N[C@@H](Cc1ccccc1)C(=O)COC(=O)c1ccccc1. The molecule has 0 fully saturated rings. The predicted octanol–water partition coefficient (Wildman–Crippen LogP) is 1.10. The summed E-state index contributed by atoms with van der Waals surface area (Å²) in [6, 6.07) is 16.8. The maximum Gasteiger partial charge on any atom is 0.338 e. The van der Waals surface area contributed by atoms with Crippen LogP contribution in [0.3, 0.4) is 0 Å². The van der Waals surface area contributed by atoms with Crippen molar-refractivity contribution in [3.05, 3.63) is 71.8 Å². The topological polar surface area (TPSA) is 98.5 Å². The fraction of sp³-hybridized carbons (Fsp3) is 0.211. The number of benzene rings is 2. The summed E-state index contributed by atoms with van der Waals surface area (Å²) < 4.78 is 5.05. The van der Waals surface area contributed by atoms with Gasteiger partial charge in [-0.15, -0.1) is 0 Å². The van der Waals surface area contributed by atoms with Gasteiger partial charge in [0.15, 0.2) is 12.4 Å². The first-order chi connectivity index (χ1) is 12.1. The molecular weight excluding hydrogens is 320 g/mol. The number of hydrogen-bond acceptors (Lipinski definition) is 5. The first kappa shape index (κ1) is 18.4. The highest BCUT2D eigenvalue weighted by atomic mass is 16.5. The summed E-state index contributed by atoms with van der Waals surface area (Å²) in [6.07, 6.45) is 0.300. The number of amides is 1. The molecular formula is C19H20N2O4. The van der Waals surface area contributed by atoms with E-state index in [0.717, 1.165) is 5.56 Å². The van der Waals surface area contributed by atoms with Gasteiger partial charge in [0.05, 0.1) is 18.2 Å². The number of Topliss-reactive ketones (excluding diaryl/α,β-unsaturated/α-hetero) is 1. The lowest BCUT2D eigenvalue weighted by atomic mass is 10.0. The fourth-order valence-corrected chi connectivity index (χ4v) is 2.24. The van der Waals surface area contributed by atoms with Crippen LogP contribution in [0.1, 0.15) is 15.9 Å². The van der Waals surface area contributed by atoms with E-state index in [1.54, 1.807) is 30.3 Å². The Labute approximate surface area is 146 Å². The summed E-state index contributed by atoms with van der Waals surface area (Å²) in [5.74, 6) is -1.42. The van der Waals surface area contributed by atoms with Gasteiger partial charge in [0, 0.05) is 0 Å². The Morgan fingerprint density at radius 2 is 1.56 bits per heavy atom. The smallest absolute Gasteiger partial charge is 0.338 e. The Balaban J connectivity index is 1.99. The standard InChI is InChI=1S/C19H20N2O4/c20-12-18(23)21-16(11-14-7-3-1-4-8-14)17(22)13-25-19(24)15-9-5-2-6-10-15/h1-10,16H,11-13,20H2,(H,21,23)/t16-/m0/s1. The van der Waals surface area contributed by atoms with Crippen LogP contribution in [-0.2, 0) is 20.7 Å². The summed E-state index contributed by atoms with van der Waals surface area (Å²) >= 11 is 0. The van der Waals surface area contributed by atoms with Crippen molar-refractivity contribution in [1.29, 1.82) is 0 Å². The van der Waals surface area contributed by atoms with E-state index in [1.807, 2.05) is 30.3 Å². The molecule has 0 aliphatic heterocycles. The fourth-order valence-electron chi connectivity index (χ4n) is 2.24. The molecule has 2 aromatic carbocycles. The van der Waals surface area contributed by atoms with E-state index in [9.17, 15) is 14.4 Å². The maximum absolute atomic E-state index is 12.4. The second kappa shape index (κ2) is 9.34. The zero-order valence-corrected chi connectivity index (χ0v) is 13.7. The molecule has 1 atom stereocenters. The number of carbonyl (C=O) groups excluding carboxylic acids is 3. The van der Waals surface area contributed by atoms with Gasteiger partial charge in [-0.05, 0) is 24.1 Å². The molecule has 3 N–H and O–H groups in total. The molecule has 0 heterocycles. The lowest BCUT2D eigenvalue weighted by Crippen LogP contribution is -2.46. The van der Waals surface area contributed by atoms with Crippen LogP contribution in [0.15, 0.2) is 60.7 Å². The second-order valence-electron chi connectivity index (χ2n) is 5.42. The van der Waals surface area contributed by atoms with Crippen molar-refractivity contribution in [2.24, 2.45) is 5.73 Å². The Morgan fingerprint density at radius 1 is 0.960 bits per heavy atom. The molecule has 130 valence electrons. The van der Waals surface area contributed by atoms with E-state index in [0.29, 0.717) is 12.0 Å². The average Bonchev–Trinajstić information content (AvgIpc) is 2.66. The minimum Gasteiger partial charge on any atom is -0.454 e. The van der Waals surface area contributed by atoms with Gasteiger partial charge in [-0.3, -0.25) is 9.59 Å². The summed E-state index contributed by atoms with van der Waals surface area (Å²) in [7, 11) is 0. The monoisotopic (exact) mass is 340 g/mol. The third-order valence-electron chi connectivity index (χ3n) is 3.55. The Hall–Kier alpha value is -2.99. The normalized spacial score (nSPS) is 11.4. The van der Waals surface area contributed by atoms with E-state index in [4.69, 9.17) is 10.5 Å². The minimum atomic E-state index is -0.804. The van der Waals surface area contributed by atoms with Gasteiger partial charge in [-0.1, -0.05) is 48.5 Å². The molecule has 2 rings (SSSR count). The quantitative estimate of drug-likeness (QED) is 0.701. The maximum atomic E-state index is 12.4. The van der Waals surface area contributed by atoms with Crippen LogP contribution in [0.5, 0.6) is 0 Å². The van der Waals surface area contributed by atoms with Gasteiger partial charge in [-0.25, -0.2) is 4.79 Å². The highest BCUT2D eigenvalue weighted by Crippen LogP contribution is 2.06. The molecule has 0 radical (unpaired) electrons. The molecule has 0 unspecified atom stereocenters. The van der Waals surface area contributed by atoms with Crippen LogP contribution in [0.2, 0.25) is 0 Å². The van der Waals surface area contributed by atoms with Crippen LogP contribution in [0.4, 0.5) is 0 Å². The predicted molar refractivity (Wildman–Crippen MR) is 92.9 cm³/mol. The summed E-state index contributed by atoms with van der Waals surface area (Å²) in [4.78, 5) is 35.9. The number of esters is 1. The van der Waals surface area contributed by atoms with E-state index in [2.05, 4.69) is 5.32 Å². The van der Waals surface area contributed by atoms with Crippen LogP contribution in [0.25, 0.3) is 0 Å². The Bertz CT molecular complexity index is 717. The van der Waals surface area contributed by atoms with Crippen molar-refractivity contribution in [3.8, 4) is 0 Å². The number of hydrogen-bond donors (Lipinski definition) is 2. The number of carbonyl (C=O) groups is 3. The molecule has 2 aromatic rings. The Morgan fingerprint density at radius 3 is 2.16 bits per heavy atom. The van der Waals surface area contributed by atoms with Crippen LogP contribution < -0.4 is 11.1 Å². The molecule has 0 aliphatic carbocycles. The number of nitrogens with one attached hydrogen (secondary N) is 1. The first-order valence-corrected chi connectivity index (χ1v) is 7.88. The van der Waals surface area contributed by atoms with E-state index in [-0.39, 0.29) is 6.54 Å². The largest absolute Gasteiger partial charge is 0.454 e. The van der Waals surface area contributed by atoms with Crippen LogP contribution >= 0.6 is 0 Å². The third-order valence-corrected chi connectivity index (χ3v) is 3.55. The lowest BCUT2D eigenvalue weighted by Gasteiger charge is -2.17. The highest BCUT2D eigenvalue weighted by Gasteiger charge is 2.22. The second-order valence-corrected chi connectivity index (χ2v) is 5.42. The molecule has 0 saturated heterocycles. The van der Waals surface area contributed by atoms with Gasteiger partial charge < -0.3 is 15.8 Å². The van der Waals surface area contributed by atoms with Crippen molar-refractivity contribution >= 4 is 17.7 Å². The van der Waals surface area contributed by atoms with E-state index in [1.165, 1.54) is 0 Å². The molecule has 0 aromatic heterocycles. The number of nitrogens with two attached hydrogens (primary N) is 1. The van der Waals surface area contributed by atoms with Crippen molar-refractivity contribution in [3.63, 3.8) is 0 Å². The molecule has 6 nitrogen and oxygen atoms in total. The number of ether oxygens (including phenoxy) is 1. The van der Waals surface area contributed by atoms with E-state index >= 15 is 0 Å². The van der Waals surface area contributed by atoms with Gasteiger partial charge >= 0.3 is 5.97 Å². The van der Waals surface area contributed by atoms with Crippen molar-refractivity contribution in [1.82, 2.24) is 5.32 Å². The van der Waals surface area contributed by atoms with Crippen molar-refractivity contribution in [2.45, 2.75) is 12.5 Å². The lowest BCUT2D eigenvalue weighted by molar-refractivity contribution is -0.128. The molecule has 25 heavy (non-hydrogen) atoms. The molecule has 0 aliphatic rings. The summed E-state index contributed by atoms with van der Waals surface area (Å²) in [5, 5.41) is 2.57. The molecule has 0 saturated carbocycles. The van der Waals surface area contributed by atoms with E-state index < -0.39 is 30.3 Å². The zero-order chi connectivity index (χ0) is 18.1. The average molecular weight is 340 g/mol. The van der Waals surface area contributed by atoms with Gasteiger partial charge in [0.2, 0.25) is 5.91 Å². The van der Waals surface area contributed by atoms with Gasteiger partial charge in [0.25, 0.3) is 0 Å². The van der Waals surface area contributed by atoms with Crippen LogP contribution in [0, 0.1) is 0 Å². The molecule has 0 spiro atoms. The number of ketones is 1. The zero-order valence-electron chi connectivity index (χ0n) is 13.7. The number of rotatable bonds is 8. The van der Waals surface area contributed by atoms with Gasteiger partial charge in [-0.2, -0.15) is 0 Å².